The van der Waals surface area contributed by atoms with Crippen molar-refractivity contribution >= 4 is 17.3 Å². The molecule has 1 atom stereocenters. The zero-order valence-electron chi connectivity index (χ0n) is 12.1. The van der Waals surface area contributed by atoms with Gasteiger partial charge in [-0.15, -0.1) is 0 Å². The van der Waals surface area contributed by atoms with E-state index in [2.05, 4.69) is 19.2 Å². The molecule has 108 valence electrons. The molecule has 0 bridgehead atoms. The summed E-state index contributed by atoms with van der Waals surface area (Å²) < 4.78 is 5.78. The highest BCUT2D eigenvalue weighted by Crippen LogP contribution is 2.19. The van der Waals surface area contributed by atoms with Crippen LogP contribution in [0.4, 0.5) is 5.69 Å². The number of anilines is 1. The average Bonchev–Trinajstić information content (AvgIpc) is 2.41. The van der Waals surface area contributed by atoms with Gasteiger partial charge < -0.3 is 10.1 Å². The molecule has 0 spiro atoms. The number of nitrogens with one attached hydrogen (secondary N) is 1. The Labute approximate surface area is 122 Å². The standard InChI is InChI=1S/C16H26ClNO/c1-3-4-5-6-9-14(2)19-13-12-18-16-11-8-7-10-15(16)17/h7-8,10-11,14,18H,3-6,9,12-13H2,1-2H3. The highest BCUT2D eigenvalue weighted by atomic mass is 35.5. The second kappa shape index (κ2) is 10.1. The fraction of sp³-hybridized carbons (Fsp3) is 0.625. The molecule has 1 unspecified atom stereocenters. The fourth-order valence-electron chi connectivity index (χ4n) is 1.99. The maximum Gasteiger partial charge on any atom is 0.0642 e. The third-order valence-electron chi connectivity index (χ3n) is 3.16. The van der Waals surface area contributed by atoms with Crippen molar-refractivity contribution < 1.29 is 4.74 Å². The first-order valence-corrected chi connectivity index (χ1v) is 7.71. The highest BCUT2D eigenvalue weighted by Gasteiger charge is 2.02. The summed E-state index contributed by atoms with van der Waals surface area (Å²) in [7, 11) is 0. The van der Waals surface area contributed by atoms with Crippen LogP contribution in [0.2, 0.25) is 5.02 Å². The van der Waals surface area contributed by atoms with Crippen molar-refractivity contribution in [1.82, 2.24) is 0 Å². The van der Waals surface area contributed by atoms with Crippen molar-refractivity contribution in [2.45, 2.75) is 52.1 Å². The first-order chi connectivity index (χ1) is 9.24. The van der Waals surface area contributed by atoms with Gasteiger partial charge in [0.25, 0.3) is 0 Å². The van der Waals surface area contributed by atoms with E-state index in [9.17, 15) is 0 Å². The van der Waals surface area contributed by atoms with Crippen LogP contribution in [0, 0.1) is 0 Å². The first-order valence-electron chi connectivity index (χ1n) is 7.34. The Kier molecular flexibility index (Phi) is 8.68. The molecule has 0 aliphatic rings. The molecule has 0 aliphatic heterocycles. The van der Waals surface area contributed by atoms with Gasteiger partial charge in [-0.1, -0.05) is 56.3 Å². The molecule has 0 radical (unpaired) electrons. The van der Waals surface area contributed by atoms with Crippen LogP contribution in [0.25, 0.3) is 0 Å². The van der Waals surface area contributed by atoms with Gasteiger partial charge in [0.1, 0.15) is 0 Å². The number of halogens is 1. The maximum atomic E-state index is 6.06. The van der Waals surface area contributed by atoms with Crippen LogP contribution in [0.5, 0.6) is 0 Å². The lowest BCUT2D eigenvalue weighted by atomic mass is 10.1. The van der Waals surface area contributed by atoms with Gasteiger partial charge in [-0.3, -0.25) is 0 Å². The Balaban J connectivity index is 2.05. The summed E-state index contributed by atoms with van der Waals surface area (Å²) in [6.07, 6.45) is 6.73. The molecule has 0 aromatic heterocycles. The van der Waals surface area contributed by atoms with Crippen molar-refractivity contribution in [2.24, 2.45) is 0 Å². The van der Waals surface area contributed by atoms with Crippen LogP contribution in [0.15, 0.2) is 24.3 Å². The van der Waals surface area contributed by atoms with E-state index in [1.807, 2.05) is 24.3 Å². The monoisotopic (exact) mass is 283 g/mol. The minimum Gasteiger partial charge on any atom is -0.382 e. The minimum absolute atomic E-state index is 0.352. The Morgan fingerprint density at radius 3 is 2.74 bits per heavy atom. The molecule has 3 heteroatoms. The van der Waals surface area contributed by atoms with Gasteiger partial charge in [-0.25, -0.2) is 0 Å². The quantitative estimate of drug-likeness (QED) is 0.601. The zero-order valence-corrected chi connectivity index (χ0v) is 12.9. The van der Waals surface area contributed by atoms with Gasteiger partial charge in [0.05, 0.1) is 23.4 Å². The molecular formula is C16H26ClNO. The van der Waals surface area contributed by atoms with E-state index in [0.717, 1.165) is 30.3 Å². The molecule has 0 saturated carbocycles. The lowest BCUT2D eigenvalue weighted by Crippen LogP contribution is -2.15. The van der Waals surface area contributed by atoms with E-state index in [-0.39, 0.29) is 0 Å². The van der Waals surface area contributed by atoms with Crippen LogP contribution in [0.3, 0.4) is 0 Å². The molecule has 0 fully saturated rings. The van der Waals surface area contributed by atoms with Gasteiger partial charge in [0.2, 0.25) is 0 Å². The molecular weight excluding hydrogens is 258 g/mol. The summed E-state index contributed by atoms with van der Waals surface area (Å²) in [6.45, 7) is 5.91. The molecule has 1 aromatic rings. The first kappa shape index (κ1) is 16.3. The number of rotatable bonds is 10. The van der Waals surface area contributed by atoms with Crippen LogP contribution >= 0.6 is 11.6 Å². The summed E-state index contributed by atoms with van der Waals surface area (Å²) in [5.74, 6) is 0. The van der Waals surface area contributed by atoms with E-state index in [0.29, 0.717) is 6.10 Å². The third-order valence-corrected chi connectivity index (χ3v) is 3.49. The largest absolute Gasteiger partial charge is 0.382 e. The van der Waals surface area contributed by atoms with Crippen LogP contribution in [0.1, 0.15) is 46.0 Å². The van der Waals surface area contributed by atoms with Crippen molar-refractivity contribution in [3.8, 4) is 0 Å². The predicted molar refractivity (Wildman–Crippen MR) is 84.1 cm³/mol. The van der Waals surface area contributed by atoms with Crippen molar-refractivity contribution in [1.29, 1.82) is 0 Å². The maximum absolute atomic E-state index is 6.06. The summed E-state index contributed by atoms with van der Waals surface area (Å²) in [5, 5.41) is 4.05. The Bertz CT molecular complexity index is 343. The lowest BCUT2D eigenvalue weighted by molar-refractivity contribution is 0.0658. The molecule has 2 nitrogen and oxygen atoms in total. The SMILES string of the molecule is CCCCCCC(C)OCCNc1ccccc1Cl. The van der Waals surface area contributed by atoms with E-state index in [1.165, 1.54) is 25.7 Å². The Morgan fingerprint density at radius 2 is 2.00 bits per heavy atom. The molecule has 0 amide bonds. The van der Waals surface area contributed by atoms with Crippen molar-refractivity contribution in [3.05, 3.63) is 29.3 Å². The van der Waals surface area contributed by atoms with Crippen LogP contribution in [-0.4, -0.2) is 19.3 Å². The van der Waals surface area contributed by atoms with Gasteiger partial charge in [-0.2, -0.15) is 0 Å². The fourth-order valence-corrected chi connectivity index (χ4v) is 2.19. The second-order valence-corrected chi connectivity index (χ2v) is 5.34. The molecule has 1 rings (SSSR count). The lowest BCUT2D eigenvalue weighted by Gasteiger charge is -2.14. The Hall–Kier alpha value is -0.730. The van der Waals surface area contributed by atoms with E-state index in [1.54, 1.807) is 0 Å². The number of para-hydroxylation sites is 1. The summed E-state index contributed by atoms with van der Waals surface area (Å²) in [4.78, 5) is 0. The number of unbranched alkanes of at least 4 members (excludes halogenated alkanes) is 3. The van der Waals surface area contributed by atoms with E-state index >= 15 is 0 Å². The smallest absolute Gasteiger partial charge is 0.0642 e. The average molecular weight is 284 g/mol. The minimum atomic E-state index is 0.352. The predicted octanol–water partition coefficient (Wildman–Crippen LogP) is 5.13. The van der Waals surface area contributed by atoms with Gasteiger partial charge in [0.15, 0.2) is 0 Å². The van der Waals surface area contributed by atoms with Crippen molar-refractivity contribution in [3.63, 3.8) is 0 Å². The van der Waals surface area contributed by atoms with Gasteiger partial charge in [-0.05, 0) is 25.5 Å². The number of ether oxygens (including phenoxy) is 1. The summed E-state index contributed by atoms with van der Waals surface area (Å²) in [6, 6.07) is 7.78. The summed E-state index contributed by atoms with van der Waals surface area (Å²) in [5.41, 5.74) is 0.975. The topological polar surface area (TPSA) is 21.3 Å². The number of hydrogen-bond acceptors (Lipinski definition) is 2. The van der Waals surface area contributed by atoms with Gasteiger partial charge >= 0.3 is 0 Å². The van der Waals surface area contributed by atoms with Gasteiger partial charge in [0, 0.05) is 6.54 Å². The number of benzene rings is 1. The van der Waals surface area contributed by atoms with Crippen LogP contribution in [-0.2, 0) is 4.74 Å². The molecule has 0 saturated heterocycles. The molecule has 1 aromatic carbocycles. The van der Waals surface area contributed by atoms with Crippen molar-refractivity contribution in [2.75, 3.05) is 18.5 Å². The summed E-state index contributed by atoms with van der Waals surface area (Å²) >= 11 is 6.06. The number of hydrogen-bond donors (Lipinski definition) is 1. The normalized spacial score (nSPS) is 12.4. The van der Waals surface area contributed by atoms with E-state index < -0.39 is 0 Å². The molecule has 1 N–H and O–H groups in total. The molecule has 19 heavy (non-hydrogen) atoms. The van der Waals surface area contributed by atoms with E-state index in [4.69, 9.17) is 16.3 Å². The molecule has 0 aliphatic carbocycles. The zero-order chi connectivity index (χ0) is 13.9. The molecule has 0 heterocycles. The third kappa shape index (κ3) is 7.44. The second-order valence-electron chi connectivity index (χ2n) is 4.94. The Morgan fingerprint density at radius 1 is 1.21 bits per heavy atom. The van der Waals surface area contributed by atoms with Crippen LogP contribution < -0.4 is 5.32 Å². The highest BCUT2D eigenvalue weighted by molar-refractivity contribution is 6.33.